The molecule has 1 atom stereocenters. The van der Waals surface area contributed by atoms with Crippen molar-refractivity contribution in [3.05, 3.63) is 15.6 Å². The third-order valence-corrected chi connectivity index (χ3v) is 3.80. The number of rotatable bonds is 7. The van der Waals surface area contributed by atoms with E-state index < -0.39 is 5.97 Å². The van der Waals surface area contributed by atoms with Gasteiger partial charge >= 0.3 is 5.97 Å². The van der Waals surface area contributed by atoms with Gasteiger partial charge < -0.3 is 15.2 Å². The van der Waals surface area contributed by atoms with Crippen LogP contribution in [0.5, 0.6) is 0 Å². The Hall–Kier alpha value is -1.47. The van der Waals surface area contributed by atoms with Crippen molar-refractivity contribution in [2.75, 3.05) is 7.11 Å². The second-order valence-electron chi connectivity index (χ2n) is 4.19. The van der Waals surface area contributed by atoms with Crippen LogP contribution < -0.4 is 5.32 Å². The summed E-state index contributed by atoms with van der Waals surface area (Å²) in [6.07, 6.45) is 1.08. The van der Waals surface area contributed by atoms with Gasteiger partial charge in [0.25, 0.3) is 0 Å². The molecule has 6 nitrogen and oxygen atoms in total. The molecule has 1 heterocycles. The van der Waals surface area contributed by atoms with Crippen LogP contribution in [0.15, 0.2) is 0 Å². The molecule has 0 spiro atoms. The van der Waals surface area contributed by atoms with Gasteiger partial charge in [0.15, 0.2) is 0 Å². The zero-order valence-corrected chi connectivity index (χ0v) is 12.0. The van der Waals surface area contributed by atoms with Crippen molar-refractivity contribution in [2.24, 2.45) is 0 Å². The molecule has 1 rings (SSSR count). The van der Waals surface area contributed by atoms with Crippen LogP contribution in [-0.4, -0.2) is 35.2 Å². The minimum absolute atomic E-state index is 0.0477. The number of carbonyl (C=O) groups excluding carboxylic acids is 1. The van der Waals surface area contributed by atoms with Crippen molar-refractivity contribution < 1.29 is 19.4 Å². The van der Waals surface area contributed by atoms with Gasteiger partial charge in [0, 0.05) is 13.5 Å². The van der Waals surface area contributed by atoms with Crippen LogP contribution in [0.1, 0.15) is 40.1 Å². The minimum Gasteiger partial charge on any atom is -0.477 e. The highest BCUT2D eigenvalue weighted by molar-refractivity contribution is 7.13. The van der Waals surface area contributed by atoms with E-state index in [1.54, 1.807) is 14.0 Å². The first-order chi connectivity index (χ1) is 8.93. The zero-order valence-electron chi connectivity index (χ0n) is 11.2. The lowest BCUT2D eigenvalue weighted by Gasteiger charge is -2.08. The average Bonchev–Trinajstić information content (AvgIpc) is 2.74. The quantitative estimate of drug-likeness (QED) is 0.794. The van der Waals surface area contributed by atoms with Crippen LogP contribution in [0.2, 0.25) is 0 Å². The van der Waals surface area contributed by atoms with Gasteiger partial charge in [0.05, 0.1) is 18.3 Å². The molecule has 7 heteroatoms. The average molecular weight is 286 g/mol. The highest BCUT2D eigenvalue weighted by atomic mass is 32.1. The fraction of sp³-hybridized carbons (Fsp3) is 0.583. The Kier molecular flexibility index (Phi) is 5.91. The smallest absolute Gasteiger partial charge is 0.347 e. The van der Waals surface area contributed by atoms with Crippen molar-refractivity contribution >= 4 is 23.2 Å². The Morgan fingerprint density at radius 3 is 2.74 bits per heavy atom. The Balaban J connectivity index is 2.42. The van der Waals surface area contributed by atoms with Crippen molar-refractivity contribution in [1.29, 1.82) is 0 Å². The summed E-state index contributed by atoms with van der Waals surface area (Å²) < 4.78 is 5.05. The third kappa shape index (κ3) is 4.96. The number of hydrogen-bond acceptors (Lipinski definition) is 5. The van der Waals surface area contributed by atoms with Gasteiger partial charge in [-0.05, 0) is 20.3 Å². The summed E-state index contributed by atoms with van der Waals surface area (Å²) >= 11 is 1.09. The Morgan fingerprint density at radius 1 is 1.53 bits per heavy atom. The molecule has 1 unspecified atom stereocenters. The number of nitrogens with one attached hydrogen (secondary N) is 1. The number of amides is 1. The summed E-state index contributed by atoms with van der Waals surface area (Å²) in [5.41, 5.74) is 0.481. The molecule has 1 amide bonds. The Bertz CT molecular complexity index is 459. The van der Waals surface area contributed by atoms with E-state index in [1.807, 2.05) is 6.92 Å². The van der Waals surface area contributed by atoms with Crippen LogP contribution in [0.3, 0.4) is 0 Å². The minimum atomic E-state index is -0.985. The highest BCUT2D eigenvalue weighted by Crippen LogP contribution is 2.17. The number of carbonyl (C=O) groups is 2. The molecular formula is C12H18N2O4S. The summed E-state index contributed by atoms with van der Waals surface area (Å²) in [5, 5.41) is 12.2. The van der Waals surface area contributed by atoms with E-state index in [0.717, 1.165) is 11.3 Å². The van der Waals surface area contributed by atoms with Crippen LogP contribution in [0.4, 0.5) is 0 Å². The van der Waals surface area contributed by atoms with Crippen molar-refractivity contribution in [3.63, 3.8) is 0 Å². The zero-order chi connectivity index (χ0) is 14.4. The molecular weight excluding hydrogens is 268 g/mol. The summed E-state index contributed by atoms with van der Waals surface area (Å²) in [6.45, 7) is 3.81. The SMILES string of the molecule is COC(C)CCC(=O)NCc1nc(C)c(C(=O)O)s1. The van der Waals surface area contributed by atoms with Crippen molar-refractivity contribution in [1.82, 2.24) is 10.3 Å². The molecule has 0 saturated heterocycles. The number of hydrogen-bond donors (Lipinski definition) is 2. The molecule has 0 aliphatic carbocycles. The number of thiazole rings is 1. The van der Waals surface area contributed by atoms with E-state index in [4.69, 9.17) is 9.84 Å². The summed E-state index contributed by atoms with van der Waals surface area (Å²) in [5.74, 6) is -1.07. The second-order valence-corrected chi connectivity index (χ2v) is 5.27. The summed E-state index contributed by atoms with van der Waals surface area (Å²) in [6, 6.07) is 0. The van der Waals surface area contributed by atoms with Crippen LogP contribution in [-0.2, 0) is 16.1 Å². The monoisotopic (exact) mass is 286 g/mol. The molecule has 1 aromatic heterocycles. The lowest BCUT2D eigenvalue weighted by atomic mass is 10.2. The number of aromatic nitrogens is 1. The van der Waals surface area contributed by atoms with Crippen LogP contribution >= 0.6 is 11.3 Å². The first-order valence-corrected chi connectivity index (χ1v) is 6.74. The predicted molar refractivity (Wildman–Crippen MR) is 71.4 cm³/mol. The molecule has 1 aromatic rings. The summed E-state index contributed by atoms with van der Waals surface area (Å²) in [7, 11) is 1.61. The van der Waals surface area contributed by atoms with E-state index >= 15 is 0 Å². The molecule has 0 saturated carbocycles. The Morgan fingerprint density at radius 2 is 2.21 bits per heavy atom. The summed E-state index contributed by atoms with van der Waals surface area (Å²) in [4.78, 5) is 26.7. The number of methoxy groups -OCH3 is 1. The molecule has 19 heavy (non-hydrogen) atoms. The molecule has 0 aliphatic heterocycles. The largest absolute Gasteiger partial charge is 0.477 e. The first-order valence-electron chi connectivity index (χ1n) is 5.93. The van der Waals surface area contributed by atoms with Gasteiger partial charge in [-0.1, -0.05) is 0 Å². The molecule has 0 fully saturated rings. The number of ether oxygens (including phenoxy) is 1. The lowest BCUT2D eigenvalue weighted by molar-refractivity contribution is -0.121. The Labute approximate surface area is 115 Å². The fourth-order valence-electron chi connectivity index (χ4n) is 1.44. The second kappa shape index (κ2) is 7.20. The van der Waals surface area contributed by atoms with Gasteiger partial charge in [-0.3, -0.25) is 4.79 Å². The number of carboxylic acid groups (broad SMARTS) is 1. The van der Waals surface area contributed by atoms with E-state index in [1.165, 1.54) is 0 Å². The molecule has 2 N–H and O–H groups in total. The van der Waals surface area contributed by atoms with Gasteiger partial charge in [0.2, 0.25) is 5.91 Å². The maximum atomic E-state index is 11.6. The molecule has 0 radical (unpaired) electrons. The predicted octanol–water partition coefficient (Wildman–Crippen LogP) is 1.58. The maximum absolute atomic E-state index is 11.6. The topological polar surface area (TPSA) is 88.5 Å². The standard InChI is InChI=1S/C12H18N2O4S/c1-7(18-3)4-5-9(15)13-6-10-14-8(2)11(19-10)12(16)17/h7H,4-6H2,1-3H3,(H,13,15)(H,16,17). The molecule has 0 bridgehead atoms. The highest BCUT2D eigenvalue weighted by Gasteiger charge is 2.14. The van der Waals surface area contributed by atoms with E-state index in [0.29, 0.717) is 23.5 Å². The van der Waals surface area contributed by atoms with Crippen LogP contribution in [0, 0.1) is 6.92 Å². The molecule has 0 aliphatic rings. The van der Waals surface area contributed by atoms with Gasteiger partial charge in [0.1, 0.15) is 9.88 Å². The third-order valence-electron chi connectivity index (χ3n) is 2.65. The van der Waals surface area contributed by atoms with E-state index in [2.05, 4.69) is 10.3 Å². The number of nitrogens with zero attached hydrogens (tertiary/aromatic N) is 1. The van der Waals surface area contributed by atoms with Crippen LogP contribution in [0.25, 0.3) is 0 Å². The number of carboxylic acids is 1. The molecule has 0 aromatic carbocycles. The number of aromatic carboxylic acids is 1. The lowest BCUT2D eigenvalue weighted by Crippen LogP contribution is -2.23. The normalized spacial score (nSPS) is 12.2. The number of aryl methyl sites for hydroxylation is 1. The molecule has 106 valence electrons. The maximum Gasteiger partial charge on any atom is 0.347 e. The van der Waals surface area contributed by atoms with Crippen molar-refractivity contribution in [3.8, 4) is 0 Å². The van der Waals surface area contributed by atoms with Crippen molar-refractivity contribution in [2.45, 2.75) is 39.3 Å². The van der Waals surface area contributed by atoms with Gasteiger partial charge in [-0.15, -0.1) is 11.3 Å². The van der Waals surface area contributed by atoms with Gasteiger partial charge in [-0.2, -0.15) is 0 Å². The fourth-order valence-corrected chi connectivity index (χ4v) is 2.28. The van der Waals surface area contributed by atoms with Gasteiger partial charge in [-0.25, -0.2) is 9.78 Å². The van der Waals surface area contributed by atoms with E-state index in [-0.39, 0.29) is 23.4 Å². The van der Waals surface area contributed by atoms with E-state index in [9.17, 15) is 9.59 Å². The first kappa shape index (κ1) is 15.6.